The standard InChI is InChI=1S/C19H31N3O2/c1-18(2,3)7-9-23-16-14(12-20)11-15(13-21)17(22-16)24-10-8-19(4,5)6/h11H,7-10,12,20H2,1-6H3. The van der Waals surface area contributed by atoms with Crippen LogP contribution in [0.1, 0.15) is 65.5 Å². The molecule has 0 spiro atoms. The van der Waals surface area contributed by atoms with E-state index in [9.17, 15) is 5.26 Å². The molecule has 0 aliphatic carbocycles. The van der Waals surface area contributed by atoms with Gasteiger partial charge in [0.1, 0.15) is 11.6 Å². The van der Waals surface area contributed by atoms with Crippen LogP contribution in [0.25, 0.3) is 0 Å². The number of nitrogens with zero attached hydrogens (tertiary/aromatic N) is 2. The number of aromatic nitrogens is 1. The molecular formula is C19H31N3O2. The summed E-state index contributed by atoms with van der Waals surface area (Å²) in [6.07, 6.45) is 1.78. The molecule has 1 rings (SSSR count). The Balaban J connectivity index is 2.90. The maximum atomic E-state index is 9.32. The summed E-state index contributed by atoms with van der Waals surface area (Å²) in [5, 5.41) is 9.32. The summed E-state index contributed by atoms with van der Waals surface area (Å²) in [6.45, 7) is 14.3. The van der Waals surface area contributed by atoms with E-state index in [0.717, 1.165) is 18.4 Å². The largest absolute Gasteiger partial charge is 0.477 e. The number of hydrogen-bond donors (Lipinski definition) is 1. The minimum Gasteiger partial charge on any atom is -0.477 e. The van der Waals surface area contributed by atoms with Gasteiger partial charge in [-0.1, -0.05) is 41.5 Å². The second kappa shape index (κ2) is 8.34. The zero-order valence-corrected chi connectivity index (χ0v) is 15.9. The summed E-state index contributed by atoms with van der Waals surface area (Å²) in [4.78, 5) is 4.41. The van der Waals surface area contributed by atoms with Crippen LogP contribution in [-0.2, 0) is 6.54 Å². The lowest BCUT2D eigenvalue weighted by molar-refractivity contribution is 0.219. The number of nitriles is 1. The molecule has 0 unspecified atom stereocenters. The Kier molecular flexibility index (Phi) is 7.04. The fraction of sp³-hybridized carbons (Fsp3) is 0.684. The van der Waals surface area contributed by atoms with Gasteiger partial charge in [0.15, 0.2) is 0 Å². The summed E-state index contributed by atoms with van der Waals surface area (Å²) in [5.41, 5.74) is 7.24. The minimum absolute atomic E-state index is 0.163. The van der Waals surface area contributed by atoms with Gasteiger partial charge in [0.05, 0.1) is 13.2 Å². The predicted octanol–water partition coefficient (Wildman–Crippen LogP) is 4.04. The molecule has 134 valence electrons. The van der Waals surface area contributed by atoms with E-state index < -0.39 is 0 Å². The molecule has 0 saturated heterocycles. The second-order valence-electron chi connectivity index (χ2n) is 8.44. The molecule has 0 aromatic carbocycles. The Hall–Kier alpha value is -1.80. The number of hydrogen-bond acceptors (Lipinski definition) is 5. The maximum Gasteiger partial charge on any atom is 0.235 e. The molecule has 1 heterocycles. The van der Waals surface area contributed by atoms with Crippen LogP contribution >= 0.6 is 0 Å². The van der Waals surface area contributed by atoms with Gasteiger partial charge >= 0.3 is 0 Å². The van der Waals surface area contributed by atoms with Crippen molar-refractivity contribution < 1.29 is 9.47 Å². The minimum atomic E-state index is 0.163. The topological polar surface area (TPSA) is 81.2 Å². The lowest BCUT2D eigenvalue weighted by Crippen LogP contribution is -2.15. The van der Waals surface area contributed by atoms with Crippen LogP contribution < -0.4 is 15.2 Å². The third kappa shape index (κ3) is 7.18. The molecule has 5 nitrogen and oxygen atoms in total. The van der Waals surface area contributed by atoms with E-state index in [1.807, 2.05) is 0 Å². The first-order chi connectivity index (χ1) is 11.1. The first-order valence-electron chi connectivity index (χ1n) is 8.45. The van der Waals surface area contributed by atoms with Gasteiger partial charge < -0.3 is 15.2 Å². The van der Waals surface area contributed by atoms with Gasteiger partial charge in [0.2, 0.25) is 11.8 Å². The van der Waals surface area contributed by atoms with Crippen molar-refractivity contribution in [2.24, 2.45) is 16.6 Å². The van der Waals surface area contributed by atoms with Crippen molar-refractivity contribution in [1.82, 2.24) is 4.98 Å². The Morgan fingerprint density at radius 2 is 1.50 bits per heavy atom. The average Bonchev–Trinajstić information content (AvgIpc) is 2.44. The first kappa shape index (κ1) is 20.2. The van der Waals surface area contributed by atoms with Gasteiger partial charge in [0, 0.05) is 12.1 Å². The molecule has 0 aliphatic heterocycles. The van der Waals surface area contributed by atoms with Crippen molar-refractivity contribution in [3.05, 3.63) is 17.2 Å². The number of pyridine rings is 1. The van der Waals surface area contributed by atoms with Crippen molar-refractivity contribution in [1.29, 1.82) is 5.26 Å². The zero-order chi connectivity index (χ0) is 18.4. The van der Waals surface area contributed by atoms with Crippen LogP contribution in [0.2, 0.25) is 0 Å². The highest BCUT2D eigenvalue weighted by Crippen LogP contribution is 2.27. The monoisotopic (exact) mass is 333 g/mol. The predicted molar refractivity (Wildman–Crippen MR) is 96.0 cm³/mol. The summed E-state index contributed by atoms with van der Waals surface area (Å²) in [5.74, 6) is 0.788. The SMILES string of the molecule is CC(C)(C)CCOc1nc(OCCC(C)(C)C)c(CN)cc1C#N. The summed E-state index contributed by atoms with van der Waals surface area (Å²) >= 11 is 0. The number of nitrogens with two attached hydrogens (primary N) is 1. The molecule has 0 radical (unpaired) electrons. The third-order valence-corrected chi connectivity index (χ3v) is 3.55. The fourth-order valence-corrected chi connectivity index (χ4v) is 1.89. The van der Waals surface area contributed by atoms with Gasteiger partial charge in [-0.05, 0) is 29.7 Å². The first-order valence-corrected chi connectivity index (χ1v) is 8.45. The van der Waals surface area contributed by atoms with E-state index in [4.69, 9.17) is 15.2 Å². The Labute approximate surface area is 146 Å². The molecule has 0 aliphatic rings. The van der Waals surface area contributed by atoms with E-state index in [-0.39, 0.29) is 17.4 Å². The van der Waals surface area contributed by atoms with Crippen molar-refractivity contribution >= 4 is 0 Å². The number of ether oxygens (including phenoxy) is 2. The van der Waals surface area contributed by atoms with Crippen LogP contribution in [0.5, 0.6) is 11.8 Å². The Bertz CT molecular complexity index is 578. The molecule has 5 heteroatoms. The van der Waals surface area contributed by atoms with E-state index in [2.05, 4.69) is 52.6 Å². The van der Waals surface area contributed by atoms with Gasteiger partial charge in [-0.25, -0.2) is 0 Å². The zero-order valence-electron chi connectivity index (χ0n) is 15.9. The molecule has 0 atom stereocenters. The van der Waals surface area contributed by atoms with E-state index >= 15 is 0 Å². The molecule has 0 fully saturated rings. The highest BCUT2D eigenvalue weighted by Gasteiger charge is 2.17. The summed E-state index contributed by atoms with van der Waals surface area (Å²) in [7, 11) is 0. The normalized spacial score (nSPS) is 11.9. The highest BCUT2D eigenvalue weighted by molar-refractivity contribution is 5.44. The summed E-state index contributed by atoms with van der Waals surface area (Å²) in [6, 6.07) is 3.84. The Morgan fingerprint density at radius 3 is 1.92 bits per heavy atom. The van der Waals surface area contributed by atoms with Crippen molar-refractivity contribution in [2.75, 3.05) is 13.2 Å². The molecule has 2 N–H and O–H groups in total. The molecule has 0 amide bonds. The van der Waals surface area contributed by atoms with Crippen molar-refractivity contribution in [2.45, 2.75) is 60.9 Å². The molecule has 24 heavy (non-hydrogen) atoms. The van der Waals surface area contributed by atoms with Gasteiger partial charge in [-0.2, -0.15) is 10.2 Å². The molecular weight excluding hydrogens is 302 g/mol. The van der Waals surface area contributed by atoms with Crippen LogP contribution in [0.15, 0.2) is 6.07 Å². The van der Waals surface area contributed by atoms with Gasteiger partial charge in [-0.3, -0.25) is 0 Å². The van der Waals surface area contributed by atoms with E-state index in [0.29, 0.717) is 30.5 Å². The van der Waals surface area contributed by atoms with Crippen LogP contribution in [0.3, 0.4) is 0 Å². The number of rotatable bonds is 7. The molecule has 0 saturated carbocycles. The Morgan fingerprint density at radius 1 is 1.00 bits per heavy atom. The second-order valence-corrected chi connectivity index (χ2v) is 8.44. The smallest absolute Gasteiger partial charge is 0.235 e. The van der Waals surface area contributed by atoms with Crippen LogP contribution in [-0.4, -0.2) is 18.2 Å². The average molecular weight is 333 g/mol. The quantitative estimate of drug-likeness (QED) is 0.814. The van der Waals surface area contributed by atoms with Crippen LogP contribution in [0, 0.1) is 22.2 Å². The van der Waals surface area contributed by atoms with E-state index in [1.54, 1.807) is 6.07 Å². The lowest BCUT2D eigenvalue weighted by atomic mass is 9.93. The maximum absolute atomic E-state index is 9.32. The molecule has 0 bridgehead atoms. The van der Waals surface area contributed by atoms with Gasteiger partial charge in [-0.15, -0.1) is 0 Å². The third-order valence-electron chi connectivity index (χ3n) is 3.55. The van der Waals surface area contributed by atoms with Gasteiger partial charge in [0.25, 0.3) is 0 Å². The van der Waals surface area contributed by atoms with Crippen molar-refractivity contribution in [3.63, 3.8) is 0 Å². The molecule has 1 aromatic rings. The van der Waals surface area contributed by atoms with Crippen molar-refractivity contribution in [3.8, 4) is 17.8 Å². The molecule has 1 aromatic heterocycles. The summed E-state index contributed by atoms with van der Waals surface area (Å²) < 4.78 is 11.5. The highest BCUT2D eigenvalue weighted by atomic mass is 16.5. The fourth-order valence-electron chi connectivity index (χ4n) is 1.89. The lowest BCUT2D eigenvalue weighted by Gasteiger charge is -2.20. The van der Waals surface area contributed by atoms with E-state index in [1.165, 1.54) is 0 Å². The van der Waals surface area contributed by atoms with Crippen LogP contribution in [0.4, 0.5) is 0 Å².